The van der Waals surface area contributed by atoms with Crippen molar-refractivity contribution in [1.29, 1.82) is 0 Å². The molecule has 0 aliphatic carbocycles. The van der Waals surface area contributed by atoms with Crippen molar-refractivity contribution in [3.05, 3.63) is 29.5 Å². The molecule has 0 atom stereocenters. The van der Waals surface area contributed by atoms with Crippen molar-refractivity contribution >= 4 is 28.6 Å². The Labute approximate surface area is 187 Å². The smallest absolute Gasteiger partial charge is 0.355 e. The molecule has 12 heteroatoms. The van der Waals surface area contributed by atoms with Gasteiger partial charge < -0.3 is 9.80 Å². The summed E-state index contributed by atoms with van der Waals surface area (Å²) < 4.78 is 41.0. The van der Waals surface area contributed by atoms with Crippen molar-refractivity contribution in [1.82, 2.24) is 29.7 Å². The molecule has 5 heterocycles. The third kappa shape index (κ3) is 3.87. The number of aromatic nitrogens is 6. The van der Waals surface area contributed by atoms with Crippen molar-refractivity contribution in [2.45, 2.75) is 39.9 Å². The van der Waals surface area contributed by atoms with E-state index in [1.807, 2.05) is 11.8 Å². The maximum atomic E-state index is 13.1. The zero-order valence-electron chi connectivity index (χ0n) is 18.5. The van der Waals surface area contributed by atoms with E-state index in [9.17, 15) is 18.0 Å². The van der Waals surface area contributed by atoms with Gasteiger partial charge >= 0.3 is 6.18 Å². The van der Waals surface area contributed by atoms with Crippen LogP contribution in [0.4, 0.5) is 24.8 Å². The number of carbonyl (C=O) groups excluding carboxylic acids is 1. The molecule has 0 unspecified atom stereocenters. The van der Waals surface area contributed by atoms with Crippen molar-refractivity contribution < 1.29 is 18.0 Å². The van der Waals surface area contributed by atoms with Crippen LogP contribution in [0.3, 0.4) is 0 Å². The highest BCUT2D eigenvalue weighted by molar-refractivity contribution is 5.79. The molecule has 1 spiro atoms. The lowest BCUT2D eigenvalue weighted by Crippen LogP contribution is -2.58. The predicted molar refractivity (Wildman–Crippen MR) is 114 cm³/mol. The van der Waals surface area contributed by atoms with Crippen LogP contribution in [0, 0.1) is 19.3 Å². The molecular weight excluding hydrogens is 437 g/mol. The monoisotopic (exact) mass is 460 g/mol. The number of aryl methyl sites for hydroxylation is 2. The molecule has 33 heavy (non-hydrogen) atoms. The summed E-state index contributed by atoms with van der Waals surface area (Å²) in [6.07, 6.45) is -1.89. The van der Waals surface area contributed by atoms with E-state index in [1.54, 1.807) is 10.9 Å². The number of anilines is 2. The molecular formula is C21H23F3N8O. The number of alkyl halides is 3. The van der Waals surface area contributed by atoms with Crippen LogP contribution < -0.4 is 9.80 Å². The van der Waals surface area contributed by atoms with Gasteiger partial charge in [0.2, 0.25) is 0 Å². The van der Waals surface area contributed by atoms with Crippen LogP contribution in [0.5, 0.6) is 0 Å². The molecule has 2 fully saturated rings. The Balaban J connectivity index is 1.33. The van der Waals surface area contributed by atoms with Crippen molar-refractivity contribution in [3.8, 4) is 0 Å². The molecule has 174 valence electrons. The number of Topliss-reactive ketones (excluding diaryl/α,β-unsaturated/α-hetero) is 1. The highest BCUT2D eigenvalue weighted by Gasteiger charge is 2.49. The van der Waals surface area contributed by atoms with Gasteiger partial charge in [-0.1, -0.05) is 0 Å². The first kappa shape index (κ1) is 21.5. The zero-order chi connectivity index (χ0) is 23.5. The second-order valence-electron chi connectivity index (χ2n) is 9.03. The zero-order valence-corrected chi connectivity index (χ0v) is 18.5. The minimum Gasteiger partial charge on any atom is -0.355 e. The maximum absolute atomic E-state index is 13.1. The minimum atomic E-state index is -4.50. The van der Waals surface area contributed by atoms with Crippen LogP contribution >= 0.6 is 0 Å². The van der Waals surface area contributed by atoms with Gasteiger partial charge in [0.25, 0.3) is 0 Å². The van der Waals surface area contributed by atoms with Crippen LogP contribution in [0.1, 0.15) is 30.6 Å². The Kier molecular flexibility index (Phi) is 4.80. The van der Waals surface area contributed by atoms with Gasteiger partial charge in [-0.2, -0.15) is 18.3 Å². The summed E-state index contributed by atoms with van der Waals surface area (Å²) in [6.45, 7) is 7.68. The first-order chi connectivity index (χ1) is 15.5. The molecule has 0 bridgehead atoms. The highest BCUT2D eigenvalue weighted by atomic mass is 19.4. The first-order valence-corrected chi connectivity index (χ1v) is 10.7. The second kappa shape index (κ2) is 7.35. The molecule has 2 saturated heterocycles. The van der Waals surface area contributed by atoms with Crippen molar-refractivity contribution in [2.24, 2.45) is 5.41 Å². The molecule has 0 aromatic carbocycles. The van der Waals surface area contributed by atoms with Gasteiger partial charge in [0.1, 0.15) is 35.2 Å². The predicted octanol–water partition coefficient (Wildman–Crippen LogP) is 2.56. The van der Waals surface area contributed by atoms with Crippen LogP contribution in [0.15, 0.2) is 12.3 Å². The summed E-state index contributed by atoms with van der Waals surface area (Å²) in [7, 11) is 0. The van der Waals surface area contributed by atoms with E-state index < -0.39 is 11.9 Å². The molecule has 3 aromatic heterocycles. The Hall–Kier alpha value is -3.31. The third-order valence-corrected chi connectivity index (χ3v) is 6.23. The van der Waals surface area contributed by atoms with E-state index in [0.29, 0.717) is 35.9 Å². The number of hydrogen-bond donors (Lipinski definition) is 0. The number of ketones is 1. The number of hydrogen-bond acceptors (Lipinski definition) is 8. The molecule has 9 nitrogen and oxygen atoms in total. The molecule has 0 radical (unpaired) electrons. The van der Waals surface area contributed by atoms with E-state index in [0.717, 1.165) is 31.3 Å². The molecule has 2 aliphatic heterocycles. The third-order valence-electron chi connectivity index (χ3n) is 6.23. The summed E-state index contributed by atoms with van der Waals surface area (Å²) in [4.78, 5) is 32.6. The second-order valence-corrected chi connectivity index (χ2v) is 9.03. The lowest BCUT2D eigenvalue weighted by Gasteiger charge is -2.48. The lowest BCUT2D eigenvalue weighted by molar-refractivity contribution is -0.141. The Morgan fingerprint density at radius 2 is 1.82 bits per heavy atom. The van der Waals surface area contributed by atoms with E-state index in [4.69, 9.17) is 4.98 Å². The standard InChI is InChI=1S/C21H23F3N8O/c1-12(33)8-32-19-18(13(2)29-32)25-7-17(28-19)30-5-4-20(9-30)10-31(11-20)16-6-15(21(22,23)24)26-14(3)27-16/h6-7H,4-5,8-11H2,1-3H3. The molecule has 0 N–H and O–H groups in total. The Bertz CT molecular complexity index is 1250. The summed E-state index contributed by atoms with van der Waals surface area (Å²) in [5, 5.41) is 4.38. The van der Waals surface area contributed by atoms with Crippen molar-refractivity contribution in [3.63, 3.8) is 0 Å². The largest absolute Gasteiger partial charge is 0.433 e. The van der Waals surface area contributed by atoms with E-state index in [2.05, 4.69) is 25.0 Å². The van der Waals surface area contributed by atoms with Gasteiger partial charge in [-0.3, -0.25) is 4.79 Å². The molecule has 3 aromatic rings. The molecule has 5 rings (SSSR count). The fourth-order valence-electron chi connectivity index (χ4n) is 4.73. The van der Waals surface area contributed by atoms with Crippen molar-refractivity contribution in [2.75, 3.05) is 36.0 Å². The van der Waals surface area contributed by atoms with Gasteiger partial charge in [-0.25, -0.2) is 24.6 Å². The lowest BCUT2D eigenvalue weighted by atomic mass is 9.79. The minimum absolute atomic E-state index is 0.0186. The highest BCUT2D eigenvalue weighted by Crippen LogP contribution is 2.43. The average molecular weight is 460 g/mol. The van der Waals surface area contributed by atoms with Gasteiger partial charge in [0.15, 0.2) is 11.4 Å². The topological polar surface area (TPSA) is 92.9 Å². The average Bonchev–Trinajstić information content (AvgIpc) is 3.28. The van der Waals surface area contributed by atoms with E-state index >= 15 is 0 Å². The molecule has 0 saturated carbocycles. The fourth-order valence-corrected chi connectivity index (χ4v) is 4.73. The number of nitrogens with zero attached hydrogens (tertiary/aromatic N) is 8. The van der Waals surface area contributed by atoms with E-state index in [1.165, 1.54) is 13.8 Å². The first-order valence-electron chi connectivity index (χ1n) is 10.7. The molecule has 2 aliphatic rings. The number of halogens is 3. The summed E-state index contributed by atoms with van der Waals surface area (Å²) in [5.74, 6) is 1.10. The maximum Gasteiger partial charge on any atom is 0.433 e. The Morgan fingerprint density at radius 3 is 2.52 bits per heavy atom. The number of carbonyl (C=O) groups is 1. The summed E-state index contributed by atoms with van der Waals surface area (Å²) >= 11 is 0. The number of rotatable bonds is 4. The van der Waals surface area contributed by atoms with Crippen LogP contribution in [0.2, 0.25) is 0 Å². The quantitative estimate of drug-likeness (QED) is 0.587. The normalized spacial score (nSPS) is 17.8. The fraction of sp³-hybridized carbons (Fsp3) is 0.524. The van der Waals surface area contributed by atoms with Gasteiger partial charge in [-0.15, -0.1) is 0 Å². The van der Waals surface area contributed by atoms with Crippen LogP contribution in [-0.2, 0) is 17.5 Å². The summed E-state index contributed by atoms with van der Waals surface area (Å²) in [6, 6.07) is 1.02. The van der Waals surface area contributed by atoms with Gasteiger partial charge in [0.05, 0.1) is 11.9 Å². The van der Waals surface area contributed by atoms with Crippen LogP contribution in [0.25, 0.3) is 11.2 Å². The van der Waals surface area contributed by atoms with Gasteiger partial charge in [0, 0.05) is 37.7 Å². The number of fused-ring (bicyclic) bond motifs is 1. The van der Waals surface area contributed by atoms with Gasteiger partial charge in [-0.05, 0) is 27.2 Å². The van der Waals surface area contributed by atoms with E-state index in [-0.39, 0.29) is 23.6 Å². The summed E-state index contributed by atoms with van der Waals surface area (Å²) in [5.41, 5.74) is 1.01. The molecule has 0 amide bonds. The SMILES string of the molecule is CC(=O)Cn1nc(C)c2ncc(N3CCC4(CN(c5cc(C(F)(F)F)nc(C)n5)C4)C3)nc21. The van der Waals surface area contributed by atoms with Crippen LogP contribution in [-0.4, -0.2) is 61.7 Å². The Morgan fingerprint density at radius 1 is 1.09 bits per heavy atom.